The van der Waals surface area contributed by atoms with Crippen LogP contribution in [0.1, 0.15) is 20.8 Å². The Morgan fingerprint density at radius 2 is 1.81 bits per heavy atom. The fraction of sp³-hybridized carbons (Fsp3) is 0.667. The second-order valence-electron chi connectivity index (χ2n) is 4.76. The molecule has 0 saturated heterocycles. The van der Waals surface area contributed by atoms with Crippen molar-refractivity contribution >= 4 is 35.6 Å². The maximum Gasteiger partial charge on any atom is 0.327 e. The molecule has 0 aromatic heterocycles. The molecule has 0 aliphatic carbocycles. The van der Waals surface area contributed by atoms with Crippen molar-refractivity contribution in [2.45, 2.75) is 26.8 Å². The van der Waals surface area contributed by atoms with Crippen LogP contribution in [0.2, 0.25) is 0 Å². The van der Waals surface area contributed by atoms with Crippen LogP contribution in [0.5, 0.6) is 0 Å². The third-order valence-corrected chi connectivity index (χ3v) is 3.15. The van der Waals surface area contributed by atoms with E-state index in [9.17, 15) is 19.2 Å². The summed E-state index contributed by atoms with van der Waals surface area (Å²) >= 11 is 1.02. The molecule has 21 heavy (non-hydrogen) atoms. The van der Waals surface area contributed by atoms with Crippen molar-refractivity contribution in [3.8, 4) is 0 Å². The Bertz CT molecular complexity index is 400. The minimum Gasteiger partial charge on any atom is -0.480 e. The summed E-state index contributed by atoms with van der Waals surface area (Å²) in [6.07, 6.45) is 0. The van der Waals surface area contributed by atoms with Gasteiger partial charge in [0, 0.05) is 19.2 Å². The zero-order valence-electron chi connectivity index (χ0n) is 12.3. The zero-order valence-corrected chi connectivity index (χ0v) is 13.1. The molecule has 4 N–H and O–H groups in total. The van der Waals surface area contributed by atoms with E-state index in [4.69, 9.17) is 5.11 Å². The highest BCUT2D eigenvalue weighted by atomic mass is 32.2. The van der Waals surface area contributed by atoms with Crippen LogP contribution in [0.4, 0.5) is 4.79 Å². The van der Waals surface area contributed by atoms with Crippen molar-refractivity contribution in [1.82, 2.24) is 16.0 Å². The smallest absolute Gasteiger partial charge is 0.327 e. The summed E-state index contributed by atoms with van der Waals surface area (Å²) in [4.78, 5) is 44.4. The molecule has 120 valence electrons. The quantitative estimate of drug-likeness (QED) is 0.491. The minimum atomic E-state index is -1.17. The molecule has 0 saturated carbocycles. The molecule has 0 spiro atoms. The molecular formula is C12H21N3O5S. The summed E-state index contributed by atoms with van der Waals surface area (Å²) in [7, 11) is 0. The molecule has 0 aromatic rings. The van der Waals surface area contributed by atoms with Gasteiger partial charge in [0.1, 0.15) is 6.04 Å². The first-order valence-electron chi connectivity index (χ1n) is 6.37. The number of carboxylic acids is 1. The summed E-state index contributed by atoms with van der Waals surface area (Å²) in [5.74, 6) is -1.91. The van der Waals surface area contributed by atoms with Gasteiger partial charge < -0.3 is 15.7 Å². The van der Waals surface area contributed by atoms with Gasteiger partial charge in [-0.2, -0.15) is 0 Å². The van der Waals surface area contributed by atoms with Gasteiger partial charge >= 0.3 is 12.0 Å². The van der Waals surface area contributed by atoms with Gasteiger partial charge in [-0.15, -0.1) is 11.8 Å². The lowest BCUT2D eigenvalue weighted by Crippen LogP contribution is -2.43. The van der Waals surface area contributed by atoms with Crippen LogP contribution in [0.3, 0.4) is 0 Å². The van der Waals surface area contributed by atoms with Gasteiger partial charge in [0.25, 0.3) is 0 Å². The van der Waals surface area contributed by atoms with Gasteiger partial charge in [-0.05, 0) is 5.92 Å². The largest absolute Gasteiger partial charge is 0.480 e. The molecule has 4 amide bonds. The number of amides is 4. The van der Waals surface area contributed by atoms with Crippen molar-refractivity contribution in [2.75, 3.05) is 18.1 Å². The summed E-state index contributed by atoms with van der Waals surface area (Å²) in [6.45, 7) is 5.51. The third kappa shape index (κ3) is 10.7. The maximum atomic E-state index is 11.4. The van der Waals surface area contributed by atoms with Crippen molar-refractivity contribution in [2.24, 2.45) is 5.92 Å². The second kappa shape index (κ2) is 10.0. The van der Waals surface area contributed by atoms with E-state index in [1.165, 1.54) is 6.92 Å². The highest BCUT2D eigenvalue weighted by Crippen LogP contribution is 2.03. The van der Waals surface area contributed by atoms with Gasteiger partial charge in [0.15, 0.2) is 0 Å². The van der Waals surface area contributed by atoms with Gasteiger partial charge in [-0.1, -0.05) is 13.8 Å². The van der Waals surface area contributed by atoms with Crippen molar-refractivity contribution in [3.05, 3.63) is 0 Å². The molecule has 0 aliphatic heterocycles. The summed E-state index contributed by atoms with van der Waals surface area (Å²) in [6, 6.07) is -1.64. The molecule has 8 nitrogen and oxygen atoms in total. The standard InChI is InChI=1S/C12H21N3O5S/c1-7(2)4-13-12(20)15-10(17)6-21-5-9(11(18)19)14-8(3)16/h7,9H,4-6H2,1-3H3,(H,14,16)(H,18,19)(H2,13,15,17,20)/t9-/m0/s1. The minimum absolute atomic E-state index is 0.0376. The number of nitrogens with one attached hydrogen (secondary N) is 3. The number of aliphatic carboxylic acids is 1. The maximum absolute atomic E-state index is 11.4. The number of carboxylic acid groups (broad SMARTS) is 1. The fourth-order valence-electron chi connectivity index (χ4n) is 1.19. The molecule has 1 atom stereocenters. The third-order valence-electron chi connectivity index (χ3n) is 2.12. The van der Waals surface area contributed by atoms with E-state index in [1.807, 2.05) is 13.8 Å². The Hall–Kier alpha value is -1.77. The van der Waals surface area contributed by atoms with E-state index in [0.717, 1.165) is 11.8 Å². The van der Waals surface area contributed by atoms with Crippen LogP contribution < -0.4 is 16.0 Å². The number of thioether (sulfide) groups is 1. The van der Waals surface area contributed by atoms with E-state index < -0.39 is 29.9 Å². The average Bonchev–Trinajstić information content (AvgIpc) is 2.34. The van der Waals surface area contributed by atoms with Crippen molar-refractivity contribution in [3.63, 3.8) is 0 Å². The number of rotatable bonds is 8. The number of hydrogen-bond donors (Lipinski definition) is 4. The van der Waals surface area contributed by atoms with Gasteiger partial charge in [0.05, 0.1) is 5.75 Å². The van der Waals surface area contributed by atoms with Crippen molar-refractivity contribution < 1.29 is 24.3 Å². The first-order chi connectivity index (χ1) is 9.72. The Morgan fingerprint density at radius 3 is 2.29 bits per heavy atom. The first kappa shape index (κ1) is 19.2. The molecule has 0 aliphatic rings. The number of carbonyl (C=O) groups is 4. The fourth-order valence-corrected chi connectivity index (χ4v) is 2.03. The van der Waals surface area contributed by atoms with Crippen LogP contribution in [-0.2, 0) is 14.4 Å². The lowest BCUT2D eigenvalue weighted by Gasteiger charge is -2.12. The first-order valence-corrected chi connectivity index (χ1v) is 7.53. The highest BCUT2D eigenvalue weighted by Gasteiger charge is 2.19. The van der Waals surface area contributed by atoms with E-state index in [1.54, 1.807) is 0 Å². The monoisotopic (exact) mass is 319 g/mol. The van der Waals surface area contributed by atoms with Crippen LogP contribution in [-0.4, -0.2) is 53.0 Å². The number of urea groups is 1. The molecule has 0 aromatic carbocycles. The second-order valence-corrected chi connectivity index (χ2v) is 5.79. The SMILES string of the molecule is CC(=O)N[C@@H](CSCC(=O)NC(=O)NCC(C)C)C(=O)O. The number of carbonyl (C=O) groups excluding carboxylic acids is 3. The van der Waals surface area contributed by atoms with E-state index in [0.29, 0.717) is 6.54 Å². The molecule has 0 radical (unpaired) electrons. The van der Waals surface area contributed by atoms with E-state index in [2.05, 4.69) is 16.0 Å². The normalized spacial score (nSPS) is 11.6. The molecule has 0 rings (SSSR count). The van der Waals surface area contributed by atoms with E-state index >= 15 is 0 Å². The Balaban J connectivity index is 3.99. The predicted octanol–water partition coefficient (Wildman–Crippen LogP) is -0.209. The highest BCUT2D eigenvalue weighted by molar-refractivity contribution is 8.00. The number of hydrogen-bond acceptors (Lipinski definition) is 5. The molecule has 0 bridgehead atoms. The van der Waals surface area contributed by atoms with Gasteiger partial charge in [-0.3, -0.25) is 14.9 Å². The molecule has 0 fully saturated rings. The predicted molar refractivity (Wildman–Crippen MR) is 78.9 cm³/mol. The van der Waals surface area contributed by atoms with Crippen molar-refractivity contribution in [1.29, 1.82) is 0 Å². The summed E-state index contributed by atoms with van der Waals surface area (Å²) in [5, 5.41) is 15.8. The lowest BCUT2D eigenvalue weighted by atomic mass is 10.2. The molecular weight excluding hydrogens is 298 g/mol. The summed E-state index contributed by atoms with van der Waals surface area (Å²) in [5.41, 5.74) is 0. The topological polar surface area (TPSA) is 125 Å². The van der Waals surface area contributed by atoms with Crippen LogP contribution in [0.25, 0.3) is 0 Å². The number of imide groups is 1. The van der Waals surface area contributed by atoms with Crippen LogP contribution in [0, 0.1) is 5.92 Å². The van der Waals surface area contributed by atoms with Gasteiger partial charge in [-0.25, -0.2) is 9.59 Å². The molecule has 0 unspecified atom stereocenters. The molecule has 9 heteroatoms. The molecule has 0 heterocycles. The van der Waals surface area contributed by atoms with Crippen LogP contribution in [0.15, 0.2) is 0 Å². The lowest BCUT2D eigenvalue weighted by molar-refractivity contribution is -0.140. The van der Waals surface area contributed by atoms with Crippen LogP contribution >= 0.6 is 11.8 Å². The van der Waals surface area contributed by atoms with E-state index in [-0.39, 0.29) is 17.4 Å². The van der Waals surface area contributed by atoms with Gasteiger partial charge in [0.2, 0.25) is 11.8 Å². The Labute approximate surface area is 127 Å². The zero-order chi connectivity index (χ0) is 16.4. The summed E-state index contributed by atoms with van der Waals surface area (Å²) < 4.78 is 0. The average molecular weight is 319 g/mol. The Kier molecular flexibility index (Phi) is 9.18. The Morgan fingerprint density at radius 1 is 1.19 bits per heavy atom.